The third-order valence-electron chi connectivity index (χ3n) is 7.04. The number of aromatic nitrogens is 5. The number of hydroxylamine groups is 1. The van der Waals surface area contributed by atoms with Crippen molar-refractivity contribution < 1.29 is 14.4 Å². The summed E-state index contributed by atoms with van der Waals surface area (Å²) in [4.78, 5) is 37.6. The predicted molar refractivity (Wildman–Crippen MR) is 144 cm³/mol. The summed E-state index contributed by atoms with van der Waals surface area (Å²) in [5.74, 6) is 0.844. The van der Waals surface area contributed by atoms with Gasteiger partial charge in [0.1, 0.15) is 0 Å². The fourth-order valence-electron chi connectivity index (χ4n) is 5.00. The van der Waals surface area contributed by atoms with Crippen molar-refractivity contribution in [2.24, 2.45) is 0 Å². The second-order valence-corrected chi connectivity index (χ2v) is 9.54. The van der Waals surface area contributed by atoms with Gasteiger partial charge in [-0.25, -0.2) is 14.8 Å². The molecular weight excluding hydrogens is 496 g/mol. The van der Waals surface area contributed by atoms with Gasteiger partial charge in [0.05, 0.1) is 42.0 Å². The number of ether oxygens (including phenoxy) is 1. The van der Waals surface area contributed by atoms with E-state index in [-0.39, 0.29) is 0 Å². The Morgan fingerprint density at radius 2 is 1.79 bits per heavy atom. The standard InChI is InChI=1S/C28H26N8O3/c37-28-33-25(34-39-28)23-10-6-19(15-29-23)24-16-30-26(35-11-13-38-14-12-35)27-32-21(17-36(24)27)9-8-20-7-5-18-3-1-2-4-22(18)31-20/h1-7,10,15-17,25,34H,8-9,11-14H2,(H,33,37). The quantitative estimate of drug-likeness (QED) is 0.346. The molecule has 11 heteroatoms. The molecule has 196 valence electrons. The predicted octanol–water partition coefficient (Wildman–Crippen LogP) is 3.20. The van der Waals surface area contributed by atoms with E-state index in [2.05, 4.69) is 49.5 Å². The third kappa shape index (κ3) is 4.62. The number of imidazole rings is 1. The lowest BCUT2D eigenvalue weighted by Gasteiger charge is -2.28. The molecule has 0 spiro atoms. The monoisotopic (exact) mass is 522 g/mol. The number of anilines is 1. The number of fused-ring (bicyclic) bond motifs is 2. The molecule has 4 aromatic heterocycles. The van der Waals surface area contributed by atoms with Crippen molar-refractivity contribution >= 4 is 28.5 Å². The second kappa shape index (κ2) is 9.93. The molecule has 5 aromatic rings. The summed E-state index contributed by atoms with van der Waals surface area (Å²) in [5.41, 5.74) is 8.84. The van der Waals surface area contributed by atoms with Gasteiger partial charge in [0.25, 0.3) is 0 Å². The number of para-hydroxylation sites is 1. The Hall–Kier alpha value is -4.61. The normalized spacial score (nSPS) is 17.5. The van der Waals surface area contributed by atoms with Crippen LogP contribution >= 0.6 is 0 Å². The van der Waals surface area contributed by atoms with Crippen molar-refractivity contribution in [3.8, 4) is 11.3 Å². The fraction of sp³-hybridized carbons (Fsp3) is 0.250. The summed E-state index contributed by atoms with van der Waals surface area (Å²) in [5, 5.41) is 3.80. The number of carbonyl (C=O) groups excluding carboxylic acids is 1. The molecule has 2 saturated heterocycles. The molecule has 2 N–H and O–H groups in total. The molecule has 6 heterocycles. The maximum atomic E-state index is 11.4. The van der Waals surface area contributed by atoms with E-state index in [1.165, 1.54) is 0 Å². The number of rotatable bonds is 6. The lowest BCUT2D eigenvalue weighted by molar-refractivity contribution is 0.121. The molecule has 1 amide bonds. The van der Waals surface area contributed by atoms with Gasteiger partial charge in [0, 0.05) is 42.1 Å². The van der Waals surface area contributed by atoms with Crippen LogP contribution in [0.15, 0.2) is 67.1 Å². The number of carbonyl (C=O) groups is 1. The molecule has 2 fully saturated rings. The van der Waals surface area contributed by atoms with E-state index in [1.807, 2.05) is 36.5 Å². The lowest BCUT2D eigenvalue weighted by Crippen LogP contribution is -2.37. The Morgan fingerprint density at radius 1 is 0.923 bits per heavy atom. The smallest absolute Gasteiger partial charge is 0.378 e. The fourth-order valence-corrected chi connectivity index (χ4v) is 5.00. The Balaban J connectivity index is 1.21. The van der Waals surface area contributed by atoms with E-state index in [1.54, 1.807) is 6.20 Å². The van der Waals surface area contributed by atoms with Crippen molar-refractivity contribution in [1.82, 2.24) is 35.1 Å². The summed E-state index contributed by atoms with van der Waals surface area (Å²) in [7, 11) is 0. The van der Waals surface area contributed by atoms with Crippen LogP contribution in [-0.4, -0.2) is 56.7 Å². The molecule has 2 aliphatic rings. The van der Waals surface area contributed by atoms with Crippen molar-refractivity contribution in [1.29, 1.82) is 0 Å². The molecule has 7 rings (SSSR count). The van der Waals surface area contributed by atoms with Gasteiger partial charge in [-0.1, -0.05) is 24.3 Å². The molecule has 1 unspecified atom stereocenters. The van der Waals surface area contributed by atoms with E-state index >= 15 is 0 Å². The third-order valence-corrected chi connectivity index (χ3v) is 7.04. The van der Waals surface area contributed by atoms with Crippen LogP contribution in [0.4, 0.5) is 10.6 Å². The van der Waals surface area contributed by atoms with Crippen LogP contribution in [-0.2, 0) is 22.4 Å². The highest BCUT2D eigenvalue weighted by Gasteiger charge is 2.25. The highest BCUT2D eigenvalue weighted by molar-refractivity contribution is 5.78. The number of hydrogen-bond acceptors (Lipinski definition) is 9. The van der Waals surface area contributed by atoms with E-state index in [9.17, 15) is 4.79 Å². The summed E-state index contributed by atoms with van der Waals surface area (Å²) < 4.78 is 7.65. The summed E-state index contributed by atoms with van der Waals surface area (Å²) in [6.45, 7) is 2.86. The van der Waals surface area contributed by atoms with Crippen LogP contribution in [0.5, 0.6) is 0 Å². The van der Waals surface area contributed by atoms with E-state index in [0.29, 0.717) is 18.9 Å². The topological polar surface area (TPSA) is 119 Å². The minimum absolute atomic E-state index is 0.489. The van der Waals surface area contributed by atoms with E-state index < -0.39 is 12.3 Å². The van der Waals surface area contributed by atoms with Crippen molar-refractivity contribution in [3.63, 3.8) is 0 Å². The average molecular weight is 523 g/mol. The van der Waals surface area contributed by atoms with Gasteiger partial charge in [-0.3, -0.25) is 19.7 Å². The number of aryl methyl sites for hydroxylation is 2. The molecule has 39 heavy (non-hydrogen) atoms. The number of nitrogens with one attached hydrogen (secondary N) is 2. The maximum Gasteiger partial charge on any atom is 0.427 e. The molecule has 0 aliphatic carbocycles. The second-order valence-electron chi connectivity index (χ2n) is 9.54. The molecule has 11 nitrogen and oxygen atoms in total. The highest BCUT2D eigenvalue weighted by Crippen LogP contribution is 2.28. The zero-order valence-electron chi connectivity index (χ0n) is 21.1. The first-order valence-corrected chi connectivity index (χ1v) is 12.9. The Bertz CT molecular complexity index is 1660. The number of benzene rings is 1. The minimum Gasteiger partial charge on any atom is -0.378 e. The molecule has 1 atom stereocenters. The van der Waals surface area contributed by atoms with Crippen LogP contribution in [0.1, 0.15) is 23.2 Å². The van der Waals surface area contributed by atoms with Crippen LogP contribution < -0.4 is 15.7 Å². The lowest BCUT2D eigenvalue weighted by atomic mass is 10.1. The Morgan fingerprint density at radius 3 is 2.62 bits per heavy atom. The maximum absolute atomic E-state index is 11.4. The molecule has 0 radical (unpaired) electrons. The zero-order valence-corrected chi connectivity index (χ0v) is 21.1. The molecule has 0 bridgehead atoms. The molecular formula is C28H26N8O3. The largest absolute Gasteiger partial charge is 0.427 e. The first-order valence-electron chi connectivity index (χ1n) is 12.9. The summed E-state index contributed by atoms with van der Waals surface area (Å²) in [6, 6.07) is 16.2. The SMILES string of the molecule is O=C1NC(c2ccc(-c3cnc(N4CCOCC4)c4nc(CCc5ccc6ccccc6n5)cn34)cn2)NO1. The molecule has 2 aliphatic heterocycles. The zero-order chi connectivity index (χ0) is 26.2. The van der Waals surface area contributed by atoms with Gasteiger partial charge in [-0.05, 0) is 37.1 Å². The van der Waals surface area contributed by atoms with Crippen molar-refractivity contribution in [2.75, 3.05) is 31.2 Å². The first kappa shape index (κ1) is 23.5. The number of pyridine rings is 2. The van der Waals surface area contributed by atoms with Crippen LogP contribution in [0.3, 0.4) is 0 Å². The van der Waals surface area contributed by atoms with Crippen LogP contribution in [0.2, 0.25) is 0 Å². The van der Waals surface area contributed by atoms with Crippen molar-refractivity contribution in [2.45, 2.75) is 19.0 Å². The first-order chi connectivity index (χ1) is 19.2. The van der Waals surface area contributed by atoms with Crippen LogP contribution in [0.25, 0.3) is 27.8 Å². The Labute approximate surface area is 223 Å². The van der Waals surface area contributed by atoms with E-state index in [0.717, 1.165) is 70.9 Å². The Kier molecular flexibility index (Phi) is 5.99. The number of hydrogen-bond donors (Lipinski definition) is 2. The average Bonchev–Trinajstić information content (AvgIpc) is 3.62. The number of amides is 1. The van der Waals surface area contributed by atoms with Gasteiger partial charge in [0.2, 0.25) is 0 Å². The molecule has 1 aromatic carbocycles. The number of nitrogens with zero attached hydrogens (tertiary/aromatic N) is 6. The minimum atomic E-state index is -0.527. The van der Waals surface area contributed by atoms with Crippen LogP contribution in [0, 0.1) is 0 Å². The van der Waals surface area contributed by atoms with Gasteiger partial charge >= 0.3 is 6.09 Å². The molecule has 0 saturated carbocycles. The highest BCUT2D eigenvalue weighted by atomic mass is 16.7. The van der Waals surface area contributed by atoms with Gasteiger partial charge in [-0.15, -0.1) is 5.48 Å². The van der Waals surface area contributed by atoms with Gasteiger partial charge in [0.15, 0.2) is 17.6 Å². The number of morpholine rings is 1. The van der Waals surface area contributed by atoms with E-state index in [4.69, 9.17) is 24.5 Å². The van der Waals surface area contributed by atoms with Gasteiger partial charge < -0.3 is 14.5 Å². The van der Waals surface area contributed by atoms with Gasteiger partial charge in [-0.2, -0.15) is 0 Å². The van der Waals surface area contributed by atoms with Crippen molar-refractivity contribution in [3.05, 3.63) is 84.2 Å². The summed E-state index contributed by atoms with van der Waals surface area (Å²) >= 11 is 0. The summed E-state index contributed by atoms with van der Waals surface area (Å²) in [6.07, 6.45) is 6.23.